The summed E-state index contributed by atoms with van der Waals surface area (Å²) in [6, 6.07) is 5.14. The van der Waals surface area contributed by atoms with Gasteiger partial charge in [-0.05, 0) is 24.6 Å². The third-order valence-electron chi connectivity index (χ3n) is 2.62. The SMILES string of the molecule is CCCNc1ccncc1C(=O)Nc1ncccc1Cl. The Kier molecular flexibility index (Phi) is 4.90. The lowest BCUT2D eigenvalue weighted by Gasteiger charge is -2.11. The van der Waals surface area contributed by atoms with Crippen LogP contribution in [0.4, 0.5) is 11.5 Å². The van der Waals surface area contributed by atoms with E-state index >= 15 is 0 Å². The highest BCUT2D eigenvalue weighted by Gasteiger charge is 2.13. The normalized spacial score (nSPS) is 10.1. The van der Waals surface area contributed by atoms with Gasteiger partial charge in [0.2, 0.25) is 0 Å². The van der Waals surface area contributed by atoms with Crippen LogP contribution in [0.1, 0.15) is 23.7 Å². The van der Waals surface area contributed by atoms with Gasteiger partial charge in [0.05, 0.1) is 16.3 Å². The van der Waals surface area contributed by atoms with Crippen molar-refractivity contribution in [3.63, 3.8) is 0 Å². The maximum Gasteiger partial charge on any atom is 0.260 e. The topological polar surface area (TPSA) is 66.9 Å². The van der Waals surface area contributed by atoms with Gasteiger partial charge in [0.25, 0.3) is 5.91 Å². The zero-order chi connectivity index (χ0) is 14.4. The molecule has 1 amide bonds. The molecule has 104 valence electrons. The first kappa shape index (κ1) is 14.3. The summed E-state index contributed by atoms with van der Waals surface area (Å²) in [5.74, 6) is 0.0433. The van der Waals surface area contributed by atoms with Gasteiger partial charge in [0.15, 0.2) is 5.82 Å². The van der Waals surface area contributed by atoms with Gasteiger partial charge in [-0.15, -0.1) is 0 Å². The van der Waals surface area contributed by atoms with E-state index in [1.807, 2.05) is 0 Å². The van der Waals surface area contributed by atoms with Crippen LogP contribution in [-0.4, -0.2) is 22.4 Å². The lowest BCUT2D eigenvalue weighted by atomic mass is 10.2. The number of aromatic nitrogens is 2. The number of amides is 1. The number of carbonyl (C=O) groups excluding carboxylic acids is 1. The molecule has 0 aliphatic carbocycles. The number of carbonyl (C=O) groups is 1. The minimum Gasteiger partial charge on any atom is -0.384 e. The molecule has 0 aliphatic heterocycles. The van der Waals surface area contributed by atoms with Crippen LogP contribution >= 0.6 is 11.6 Å². The Hall–Kier alpha value is -2.14. The molecule has 0 atom stereocenters. The summed E-state index contributed by atoms with van der Waals surface area (Å²) in [6.45, 7) is 2.84. The summed E-state index contributed by atoms with van der Waals surface area (Å²) < 4.78 is 0. The molecular formula is C14H15ClN4O. The van der Waals surface area contributed by atoms with E-state index in [4.69, 9.17) is 11.6 Å². The molecule has 5 nitrogen and oxygen atoms in total. The van der Waals surface area contributed by atoms with Crippen LogP contribution in [0, 0.1) is 0 Å². The highest BCUT2D eigenvalue weighted by molar-refractivity contribution is 6.33. The first-order chi connectivity index (χ1) is 9.72. The molecule has 0 radical (unpaired) electrons. The summed E-state index contributed by atoms with van der Waals surface area (Å²) in [6.07, 6.45) is 5.70. The van der Waals surface area contributed by atoms with Gasteiger partial charge in [-0.3, -0.25) is 9.78 Å². The maximum atomic E-state index is 12.3. The number of nitrogens with zero attached hydrogens (tertiary/aromatic N) is 2. The molecule has 0 spiro atoms. The first-order valence-corrected chi connectivity index (χ1v) is 6.70. The lowest BCUT2D eigenvalue weighted by molar-refractivity contribution is 0.102. The molecule has 2 N–H and O–H groups in total. The standard InChI is InChI=1S/C14H15ClN4O/c1-2-6-17-12-5-8-16-9-10(12)14(20)19-13-11(15)4-3-7-18-13/h3-5,7-9H,2,6H2,1H3,(H,16,17)(H,18,19,20). The van der Waals surface area contributed by atoms with E-state index < -0.39 is 0 Å². The largest absolute Gasteiger partial charge is 0.384 e. The van der Waals surface area contributed by atoms with Crippen LogP contribution < -0.4 is 10.6 Å². The fourth-order valence-electron chi connectivity index (χ4n) is 1.64. The molecule has 0 fully saturated rings. The van der Waals surface area contributed by atoms with Crippen LogP contribution in [0.2, 0.25) is 5.02 Å². The molecule has 2 aromatic rings. The van der Waals surface area contributed by atoms with E-state index in [0.29, 0.717) is 16.4 Å². The monoisotopic (exact) mass is 290 g/mol. The van der Waals surface area contributed by atoms with Gasteiger partial charge >= 0.3 is 0 Å². The second-order valence-electron chi connectivity index (χ2n) is 4.14. The summed E-state index contributed by atoms with van der Waals surface area (Å²) in [5, 5.41) is 6.27. The second-order valence-corrected chi connectivity index (χ2v) is 4.54. The fraction of sp³-hybridized carbons (Fsp3) is 0.214. The average Bonchev–Trinajstić information content (AvgIpc) is 2.47. The molecule has 0 aliphatic rings. The Morgan fingerprint density at radius 1 is 1.35 bits per heavy atom. The van der Waals surface area contributed by atoms with Crippen molar-refractivity contribution in [3.8, 4) is 0 Å². The Balaban J connectivity index is 2.19. The van der Waals surface area contributed by atoms with Gasteiger partial charge in [-0.1, -0.05) is 18.5 Å². The first-order valence-electron chi connectivity index (χ1n) is 6.32. The Morgan fingerprint density at radius 3 is 2.95 bits per heavy atom. The summed E-state index contributed by atoms with van der Waals surface area (Å²) >= 11 is 5.97. The Bertz CT molecular complexity index is 603. The quantitative estimate of drug-likeness (QED) is 0.887. The molecule has 0 unspecified atom stereocenters. The number of pyridine rings is 2. The van der Waals surface area contributed by atoms with Gasteiger partial charge in [-0.2, -0.15) is 0 Å². The van der Waals surface area contributed by atoms with Gasteiger partial charge < -0.3 is 10.6 Å². The van der Waals surface area contributed by atoms with E-state index in [0.717, 1.165) is 18.7 Å². The van der Waals surface area contributed by atoms with E-state index in [-0.39, 0.29) is 5.91 Å². The molecule has 0 saturated heterocycles. The van der Waals surface area contributed by atoms with E-state index in [1.165, 1.54) is 6.20 Å². The fourth-order valence-corrected chi connectivity index (χ4v) is 1.81. The average molecular weight is 291 g/mol. The third-order valence-corrected chi connectivity index (χ3v) is 2.93. The van der Waals surface area contributed by atoms with Crippen molar-refractivity contribution < 1.29 is 4.79 Å². The van der Waals surface area contributed by atoms with E-state index in [9.17, 15) is 4.79 Å². The predicted molar refractivity (Wildman–Crippen MR) is 80.2 cm³/mol. The number of rotatable bonds is 5. The van der Waals surface area contributed by atoms with Crippen LogP contribution in [-0.2, 0) is 0 Å². The highest BCUT2D eigenvalue weighted by atomic mass is 35.5. The maximum absolute atomic E-state index is 12.3. The predicted octanol–water partition coefficient (Wildman–Crippen LogP) is 3.20. The van der Waals surface area contributed by atoms with E-state index in [2.05, 4.69) is 27.5 Å². The number of halogens is 1. The summed E-state index contributed by atoms with van der Waals surface area (Å²) in [4.78, 5) is 20.3. The van der Waals surface area contributed by atoms with Crippen molar-refractivity contribution in [2.75, 3.05) is 17.2 Å². The Morgan fingerprint density at radius 2 is 2.20 bits per heavy atom. The minimum absolute atomic E-state index is 0.294. The minimum atomic E-state index is -0.294. The van der Waals surface area contributed by atoms with E-state index in [1.54, 1.807) is 30.6 Å². The number of hydrogen-bond donors (Lipinski definition) is 2. The number of anilines is 2. The number of hydrogen-bond acceptors (Lipinski definition) is 4. The van der Waals surface area contributed by atoms with Gasteiger partial charge in [-0.25, -0.2) is 4.98 Å². The molecule has 0 aromatic carbocycles. The smallest absolute Gasteiger partial charge is 0.260 e. The summed E-state index contributed by atoms with van der Waals surface area (Å²) in [7, 11) is 0. The number of nitrogens with one attached hydrogen (secondary N) is 2. The van der Waals surface area contributed by atoms with Crippen molar-refractivity contribution in [3.05, 3.63) is 47.4 Å². The molecule has 2 aromatic heterocycles. The second kappa shape index (κ2) is 6.86. The Labute approximate surface area is 122 Å². The van der Waals surface area contributed by atoms with Crippen molar-refractivity contribution in [1.82, 2.24) is 9.97 Å². The molecule has 20 heavy (non-hydrogen) atoms. The van der Waals surface area contributed by atoms with Gasteiger partial charge in [0, 0.05) is 25.1 Å². The third kappa shape index (κ3) is 3.45. The zero-order valence-electron chi connectivity index (χ0n) is 11.1. The van der Waals surface area contributed by atoms with Gasteiger partial charge in [0.1, 0.15) is 0 Å². The molecule has 2 rings (SSSR count). The van der Waals surface area contributed by atoms with Crippen LogP contribution in [0.15, 0.2) is 36.8 Å². The lowest BCUT2D eigenvalue weighted by Crippen LogP contribution is -2.16. The highest BCUT2D eigenvalue weighted by Crippen LogP contribution is 2.20. The molecule has 0 saturated carbocycles. The van der Waals surface area contributed by atoms with Crippen molar-refractivity contribution >= 4 is 29.0 Å². The molecule has 6 heteroatoms. The van der Waals surface area contributed by atoms with Crippen LogP contribution in [0.5, 0.6) is 0 Å². The van der Waals surface area contributed by atoms with Crippen molar-refractivity contribution in [2.45, 2.75) is 13.3 Å². The zero-order valence-corrected chi connectivity index (χ0v) is 11.8. The summed E-state index contributed by atoms with van der Waals surface area (Å²) in [5.41, 5.74) is 1.20. The van der Waals surface area contributed by atoms with Crippen molar-refractivity contribution in [1.29, 1.82) is 0 Å². The van der Waals surface area contributed by atoms with Crippen LogP contribution in [0.25, 0.3) is 0 Å². The molecule has 0 bridgehead atoms. The van der Waals surface area contributed by atoms with Crippen LogP contribution in [0.3, 0.4) is 0 Å². The molecule has 2 heterocycles. The van der Waals surface area contributed by atoms with Crippen molar-refractivity contribution in [2.24, 2.45) is 0 Å². The molecular weight excluding hydrogens is 276 g/mol.